The molecule has 0 fully saturated rings. The Balaban J connectivity index is 2.46. The van der Waals surface area contributed by atoms with E-state index in [0.717, 1.165) is 18.7 Å². The average molecular weight is 343 g/mol. The third kappa shape index (κ3) is 3.37. The first-order valence-electron chi connectivity index (χ1n) is 7.19. The number of rotatable bonds is 6. The highest BCUT2D eigenvalue weighted by molar-refractivity contribution is 6.42. The molecular formula is C15H20Cl2N4O. The summed E-state index contributed by atoms with van der Waals surface area (Å²) in [5.41, 5.74) is 0.153. The van der Waals surface area contributed by atoms with Crippen molar-refractivity contribution in [2.75, 3.05) is 13.1 Å². The van der Waals surface area contributed by atoms with E-state index in [0.29, 0.717) is 21.9 Å². The molecule has 0 aliphatic carbocycles. The van der Waals surface area contributed by atoms with Crippen LogP contribution in [0.3, 0.4) is 0 Å². The second-order valence-electron chi connectivity index (χ2n) is 5.09. The van der Waals surface area contributed by atoms with Gasteiger partial charge in [0.15, 0.2) is 5.72 Å². The Morgan fingerprint density at radius 3 is 2.41 bits per heavy atom. The van der Waals surface area contributed by atoms with Crippen LogP contribution in [0.4, 0.5) is 0 Å². The first kappa shape index (κ1) is 17.1. The number of nitrogens with zero attached hydrogens (tertiary/aromatic N) is 3. The zero-order chi connectivity index (χ0) is 16.3. The van der Waals surface area contributed by atoms with Crippen LogP contribution in [0.15, 0.2) is 18.2 Å². The fourth-order valence-electron chi connectivity index (χ4n) is 2.46. The summed E-state index contributed by atoms with van der Waals surface area (Å²) in [6, 6.07) is 5.80. The van der Waals surface area contributed by atoms with Crippen molar-refractivity contribution in [2.24, 2.45) is 0 Å². The number of hydrogen-bond acceptors (Lipinski definition) is 4. The second-order valence-corrected chi connectivity index (χ2v) is 5.90. The van der Waals surface area contributed by atoms with Crippen molar-refractivity contribution < 1.29 is 4.74 Å². The molecule has 5 nitrogen and oxygen atoms in total. The summed E-state index contributed by atoms with van der Waals surface area (Å²) in [5, 5.41) is 7.87. The maximum atomic E-state index is 6.17. The molecule has 7 heteroatoms. The topological polar surface area (TPSA) is 54.0 Å². The fourth-order valence-corrected chi connectivity index (χ4v) is 2.76. The Labute approximate surface area is 140 Å². The molecule has 1 unspecified atom stereocenters. The smallest absolute Gasteiger partial charge is 0.337 e. The third-order valence-corrected chi connectivity index (χ3v) is 4.43. The minimum atomic E-state index is -0.744. The van der Waals surface area contributed by atoms with Crippen LogP contribution >= 0.6 is 23.2 Å². The van der Waals surface area contributed by atoms with Crippen molar-refractivity contribution in [1.29, 1.82) is 0 Å². The van der Waals surface area contributed by atoms with Gasteiger partial charge in [-0.1, -0.05) is 43.1 Å². The van der Waals surface area contributed by atoms with Crippen LogP contribution in [0.5, 0.6) is 6.01 Å². The highest BCUT2D eigenvalue weighted by Crippen LogP contribution is 2.34. The van der Waals surface area contributed by atoms with Crippen molar-refractivity contribution in [3.05, 3.63) is 39.6 Å². The highest BCUT2D eigenvalue weighted by Gasteiger charge is 2.36. The summed E-state index contributed by atoms with van der Waals surface area (Å²) < 4.78 is 6.12. The van der Waals surface area contributed by atoms with Crippen molar-refractivity contribution >= 4 is 23.2 Å². The van der Waals surface area contributed by atoms with E-state index in [9.17, 15) is 0 Å². The van der Waals surface area contributed by atoms with Crippen LogP contribution in [0, 0.1) is 6.92 Å². The van der Waals surface area contributed by atoms with Gasteiger partial charge in [0, 0.05) is 5.56 Å². The Kier molecular flexibility index (Phi) is 5.32. The van der Waals surface area contributed by atoms with E-state index in [2.05, 4.69) is 33.9 Å². The van der Waals surface area contributed by atoms with Gasteiger partial charge < -0.3 is 4.74 Å². The first-order valence-corrected chi connectivity index (χ1v) is 7.94. The van der Waals surface area contributed by atoms with Crippen LogP contribution < -0.4 is 4.74 Å². The summed E-state index contributed by atoms with van der Waals surface area (Å²) in [5.74, 6) is 0.700. The molecule has 0 saturated heterocycles. The molecule has 2 rings (SSSR count). The van der Waals surface area contributed by atoms with Crippen LogP contribution in [0.25, 0.3) is 0 Å². The van der Waals surface area contributed by atoms with Gasteiger partial charge in [-0.15, -0.1) is 5.10 Å². The molecule has 0 aliphatic heterocycles. The maximum absolute atomic E-state index is 6.17. The lowest BCUT2D eigenvalue weighted by Crippen LogP contribution is -2.48. The predicted octanol–water partition coefficient (Wildman–Crippen LogP) is 4.01. The molecule has 2 aromatic rings. The molecule has 0 aliphatic rings. The van der Waals surface area contributed by atoms with E-state index in [1.165, 1.54) is 0 Å². The largest absolute Gasteiger partial charge is 0.436 e. The molecular weight excluding hydrogens is 323 g/mol. The number of benzene rings is 1. The van der Waals surface area contributed by atoms with Gasteiger partial charge in [-0.3, -0.25) is 10.00 Å². The Morgan fingerprint density at radius 2 is 1.91 bits per heavy atom. The van der Waals surface area contributed by atoms with Crippen LogP contribution in [-0.2, 0) is 5.72 Å². The summed E-state index contributed by atoms with van der Waals surface area (Å²) >= 11 is 12.2. The van der Waals surface area contributed by atoms with Gasteiger partial charge in [-0.2, -0.15) is 4.98 Å². The zero-order valence-corrected chi connectivity index (χ0v) is 14.7. The zero-order valence-electron chi connectivity index (χ0n) is 13.2. The van der Waals surface area contributed by atoms with Crippen molar-refractivity contribution in [2.45, 2.75) is 33.4 Å². The van der Waals surface area contributed by atoms with E-state index in [1.807, 2.05) is 26.0 Å². The van der Waals surface area contributed by atoms with Crippen LogP contribution in [0.2, 0.25) is 10.0 Å². The van der Waals surface area contributed by atoms with Gasteiger partial charge in [0.1, 0.15) is 5.82 Å². The SMILES string of the molecule is CCN(CC)C(C)(Oc1n[nH]c(C)n1)c1ccc(Cl)c(Cl)c1. The molecule has 0 bridgehead atoms. The van der Waals surface area contributed by atoms with Gasteiger partial charge >= 0.3 is 6.01 Å². The lowest BCUT2D eigenvalue weighted by atomic mass is 10.0. The van der Waals surface area contributed by atoms with Crippen molar-refractivity contribution in [1.82, 2.24) is 20.1 Å². The Hall–Kier alpha value is -1.30. The summed E-state index contributed by atoms with van der Waals surface area (Å²) in [6.45, 7) is 9.56. The van der Waals surface area contributed by atoms with Gasteiger partial charge in [0.2, 0.25) is 0 Å². The van der Waals surface area contributed by atoms with E-state index < -0.39 is 5.72 Å². The lowest BCUT2D eigenvalue weighted by molar-refractivity contribution is -0.0779. The molecule has 1 aromatic heterocycles. The molecule has 0 radical (unpaired) electrons. The molecule has 0 spiro atoms. The summed E-state index contributed by atoms with van der Waals surface area (Å²) in [4.78, 5) is 6.40. The fraction of sp³-hybridized carbons (Fsp3) is 0.467. The molecule has 1 aromatic carbocycles. The van der Waals surface area contributed by atoms with E-state index in [-0.39, 0.29) is 0 Å². The quantitative estimate of drug-likeness (QED) is 0.805. The third-order valence-electron chi connectivity index (χ3n) is 3.69. The Morgan fingerprint density at radius 1 is 1.23 bits per heavy atom. The standard InChI is InChI=1S/C15H20Cl2N4O/c1-5-21(6-2)15(4,22-14-18-10(3)19-20-14)11-7-8-12(16)13(17)9-11/h7-9H,5-6H2,1-4H3,(H,18,19,20). The number of aromatic amines is 1. The summed E-state index contributed by atoms with van der Waals surface area (Å²) in [7, 11) is 0. The van der Waals surface area contributed by atoms with Crippen LogP contribution in [-0.4, -0.2) is 33.2 Å². The minimum absolute atomic E-state index is 0.304. The van der Waals surface area contributed by atoms with Crippen molar-refractivity contribution in [3.8, 4) is 6.01 Å². The van der Waals surface area contributed by atoms with E-state index in [4.69, 9.17) is 27.9 Å². The van der Waals surface area contributed by atoms with E-state index >= 15 is 0 Å². The maximum Gasteiger partial charge on any atom is 0.337 e. The van der Waals surface area contributed by atoms with Crippen molar-refractivity contribution in [3.63, 3.8) is 0 Å². The highest BCUT2D eigenvalue weighted by atomic mass is 35.5. The summed E-state index contributed by atoms with van der Waals surface area (Å²) in [6.07, 6.45) is 0. The van der Waals surface area contributed by atoms with Gasteiger partial charge in [-0.25, -0.2) is 0 Å². The lowest BCUT2D eigenvalue weighted by Gasteiger charge is -2.39. The number of H-pyrrole nitrogens is 1. The molecule has 1 heterocycles. The van der Waals surface area contributed by atoms with Gasteiger partial charge in [-0.05, 0) is 39.1 Å². The van der Waals surface area contributed by atoms with Gasteiger partial charge in [0.05, 0.1) is 10.0 Å². The molecule has 0 saturated carbocycles. The number of halogens is 2. The number of aryl methyl sites for hydroxylation is 1. The normalized spacial score (nSPS) is 14.1. The van der Waals surface area contributed by atoms with E-state index in [1.54, 1.807) is 6.07 Å². The molecule has 22 heavy (non-hydrogen) atoms. The monoisotopic (exact) mass is 342 g/mol. The number of aromatic nitrogens is 3. The molecule has 1 atom stereocenters. The van der Waals surface area contributed by atoms with Crippen LogP contribution in [0.1, 0.15) is 32.2 Å². The number of hydrogen-bond donors (Lipinski definition) is 1. The number of ether oxygens (including phenoxy) is 1. The molecule has 120 valence electrons. The molecule has 1 N–H and O–H groups in total. The Bertz CT molecular complexity index is 642. The first-order chi connectivity index (χ1) is 10.4. The second kappa shape index (κ2) is 6.86. The minimum Gasteiger partial charge on any atom is -0.436 e. The molecule has 0 amide bonds. The number of nitrogens with one attached hydrogen (secondary N) is 1. The predicted molar refractivity (Wildman–Crippen MR) is 88.5 cm³/mol. The average Bonchev–Trinajstić information content (AvgIpc) is 2.88. The van der Waals surface area contributed by atoms with Gasteiger partial charge in [0.25, 0.3) is 0 Å².